The fourth-order valence-corrected chi connectivity index (χ4v) is 2.03. The minimum absolute atomic E-state index is 0.0387. The highest BCUT2D eigenvalue weighted by Gasteiger charge is 2.17. The molecule has 0 unspecified atom stereocenters. The quantitative estimate of drug-likeness (QED) is 0.739. The van der Waals surface area contributed by atoms with E-state index in [1.807, 2.05) is 26.8 Å². The molecule has 0 radical (unpaired) electrons. The Morgan fingerprint density at radius 2 is 1.95 bits per heavy atom. The smallest absolute Gasteiger partial charge is 0.188 e. The second kappa shape index (κ2) is 5.77. The highest BCUT2D eigenvalue weighted by Crippen LogP contribution is 2.09. The van der Waals surface area contributed by atoms with Crippen LogP contribution in [0.4, 0.5) is 0 Å². The van der Waals surface area contributed by atoms with E-state index in [4.69, 9.17) is 0 Å². The van der Waals surface area contributed by atoms with Crippen molar-refractivity contribution in [3.05, 3.63) is 29.6 Å². The molecule has 19 heavy (non-hydrogen) atoms. The molecule has 2 heterocycles. The predicted molar refractivity (Wildman–Crippen MR) is 71.0 cm³/mol. The number of hydrogen-bond donors (Lipinski definition) is 0. The molecule has 2 aromatic heterocycles. The van der Waals surface area contributed by atoms with E-state index in [2.05, 4.69) is 15.2 Å². The Morgan fingerprint density at radius 3 is 2.58 bits per heavy atom. The summed E-state index contributed by atoms with van der Waals surface area (Å²) >= 11 is 0. The molecule has 0 saturated heterocycles. The third-order valence-electron chi connectivity index (χ3n) is 3.09. The number of hydrogen-bond acceptors (Lipinski definition) is 4. The summed E-state index contributed by atoms with van der Waals surface area (Å²) in [5.41, 5.74) is 1.60. The van der Waals surface area contributed by atoms with Crippen molar-refractivity contribution in [2.75, 3.05) is 0 Å². The number of Topliss-reactive ketones (excluding diaryl/α,β-unsaturated/α-hetero) is 1. The lowest BCUT2D eigenvalue weighted by Gasteiger charge is -2.04. The van der Waals surface area contributed by atoms with Crippen LogP contribution in [0, 0.1) is 0 Å². The third-order valence-corrected chi connectivity index (χ3v) is 3.09. The molecule has 0 saturated carbocycles. The van der Waals surface area contributed by atoms with Crippen LogP contribution in [0.1, 0.15) is 42.8 Å². The van der Waals surface area contributed by atoms with Gasteiger partial charge in [0.2, 0.25) is 0 Å². The van der Waals surface area contributed by atoms with Crippen LogP contribution >= 0.6 is 0 Å². The van der Waals surface area contributed by atoms with Crippen molar-refractivity contribution >= 4 is 5.78 Å². The Balaban J connectivity index is 2.22. The summed E-state index contributed by atoms with van der Waals surface area (Å²) in [6.45, 7) is 7.41. The summed E-state index contributed by atoms with van der Waals surface area (Å²) in [4.78, 5) is 16.5. The number of aromatic nitrogens is 5. The first-order valence-corrected chi connectivity index (χ1v) is 6.66. The maximum absolute atomic E-state index is 12.3. The van der Waals surface area contributed by atoms with Crippen molar-refractivity contribution in [2.45, 2.75) is 46.7 Å². The van der Waals surface area contributed by atoms with Crippen LogP contribution in [0.5, 0.6) is 0 Å². The molecule has 102 valence electrons. The van der Waals surface area contributed by atoms with Crippen molar-refractivity contribution in [2.24, 2.45) is 0 Å². The van der Waals surface area contributed by atoms with E-state index in [1.54, 1.807) is 9.36 Å². The van der Waals surface area contributed by atoms with Crippen molar-refractivity contribution in [1.82, 2.24) is 24.5 Å². The van der Waals surface area contributed by atoms with Crippen LogP contribution in [0.15, 0.2) is 12.4 Å². The van der Waals surface area contributed by atoms with Crippen LogP contribution in [0.3, 0.4) is 0 Å². The van der Waals surface area contributed by atoms with E-state index in [9.17, 15) is 4.79 Å². The normalized spacial score (nSPS) is 10.9. The molecule has 2 aromatic rings. The van der Waals surface area contributed by atoms with E-state index in [0.717, 1.165) is 18.7 Å². The summed E-state index contributed by atoms with van der Waals surface area (Å²) < 4.78 is 3.50. The largest absolute Gasteiger partial charge is 0.292 e. The fourth-order valence-electron chi connectivity index (χ4n) is 2.03. The molecule has 6 nitrogen and oxygen atoms in total. The number of carbonyl (C=O) groups excluding carboxylic acids is 1. The summed E-state index contributed by atoms with van der Waals surface area (Å²) in [7, 11) is 0. The average molecular weight is 261 g/mol. The van der Waals surface area contributed by atoms with Crippen molar-refractivity contribution in [3.8, 4) is 0 Å². The van der Waals surface area contributed by atoms with E-state index in [-0.39, 0.29) is 12.2 Å². The van der Waals surface area contributed by atoms with Gasteiger partial charge in [0.25, 0.3) is 0 Å². The van der Waals surface area contributed by atoms with E-state index in [0.29, 0.717) is 18.1 Å². The molecular weight excluding hydrogens is 242 g/mol. The Morgan fingerprint density at radius 1 is 1.21 bits per heavy atom. The van der Waals surface area contributed by atoms with Crippen molar-refractivity contribution in [3.63, 3.8) is 0 Å². The average Bonchev–Trinajstić information content (AvgIpc) is 3.03. The molecular formula is C13H19N5O. The van der Waals surface area contributed by atoms with Crippen LogP contribution in [0.2, 0.25) is 0 Å². The van der Waals surface area contributed by atoms with Gasteiger partial charge in [-0.1, -0.05) is 6.92 Å². The minimum Gasteiger partial charge on any atom is -0.292 e. The lowest BCUT2D eigenvalue weighted by molar-refractivity contribution is 0.0979. The molecule has 0 spiro atoms. The van der Waals surface area contributed by atoms with Crippen LogP contribution in [-0.4, -0.2) is 30.3 Å². The molecule has 0 fully saturated rings. The zero-order chi connectivity index (χ0) is 13.8. The third kappa shape index (κ3) is 2.72. The van der Waals surface area contributed by atoms with Crippen LogP contribution in [0.25, 0.3) is 0 Å². The monoisotopic (exact) mass is 261 g/mol. The van der Waals surface area contributed by atoms with Crippen LogP contribution in [-0.2, 0) is 25.9 Å². The van der Waals surface area contributed by atoms with Crippen molar-refractivity contribution in [1.29, 1.82) is 0 Å². The highest BCUT2D eigenvalue weighted by molar-refractivity contribution is 5.95. The van der Waals surface area contributed by atoms with Gasteiger partial charge in [0.1, 0.15) is 17.8 Å². The van der Waals surface area contributed by atoms with Gasteiger partial charge >= 0.3 is 0 Å². The van der Waals surface area contributed by atoms with Gasteiger partial charge in [0.05, 0.1) is 12.1 Å². The van der Waals surface area contributed by atoms with Gasteiger partial charge < -0.3 is 0 Å². The zero-order valence-electron chi connectivity index (χ0n) is 11.6. The van der Waals surface area contributed by atoms with E-state index < -0.39 is 0 Å². The van der Waals surface area contributed by atoms with Gasteiger partial charge in [-0.2, -0.15) is 10.2 Å². The maximum Gasteiger partial charge on any atom is 0.188 e. The summed E-state index contributed by atoms with van der Waals surface area (Å²) in [5.74, 6) is 0.742. The van der Waals surface area contributed by atoms with E-state index >= 15 is 0 Å². The molecule has 0 atom stereocenters. The number of carbonyl (C=O) groups is 1. The topological polar surface area (TPSA) is 65.6 Å². The molecule has 0 amide bonds. The first-order valence-electron chi connectivity index (χ1n) is 6.66. The molecule has 0 aromatic carbocycles. The minimum atomic E-state index is 0.0387. The van der Waals surface area contributed by atoms with Crippen LogP contribution < -0.4 is 0 Å². The van der Waals surface area contributed by atoms with Gasteiger partial charge in [-0.15, -0.1) is 0 Å². The van der Waals surface area contributed by atoms with Crippen molar-refractivity contribution < 1.29 is 4.79 Å². The van der Waals surface area contributed by atoms with E-state index in [1.165, 1.54) is 6.33 Å². The lowest BCUT2D eigenvalue weighted by Crippen LogP contribution is -2.15. The van der Waals surface area contributed by atoms with Gasteiger partial charge in [-0.3, -0.25) is 9.48 Å². The summed E-state index contributed by atoms with van der Waals surface area (Å²) in [6, 6.07) is 1.87. The molecule has 0 aliphatic rings. The summed E-state index contributed by atoms with van der Waals surface area (Å²) in [6.07, 6.45) is 2.59. The predicted octanol–water partition coefficient (Wildman–Crippen LogP) is 1.50. The second-order valence-electron chi connectivity index (χ2n) is 4.28. The Bertz CT molecular complexity index is 569. The molecule has 2 rings (SSSR count). The molecule has 0 N–H and O–H groups in total. The number of aryl methyl sites for hydroxylation is 3. The second-order valence-corrected chi connectivity index (χ2v) is 4.28. The number of rotatable bonds is 6. The Kier molecular flexibility index (Phi) is 4.09. The SMILES string of the molecule is CCc1cc(C(=O)Cc2ncnn2CC)n(CC)n1. The standard InChI is InChI=1S/C13H19N5O/c1-4-10-7-11(17(5-2)16-10)12(19)8-13-14-9-15-18(13)6-3/h7,9H,4-6,8H2,1-3H3. The van der Waals surface area contributed by atoms with Gasteiger partial charge in [0, 0.05) is 13.1 Å². The van der Waals surface area contributed by atoms with Gasteiger partial charge in [-0.05, 0) is 26.3 Å². The van der Waals surface area contributed by atoms with Gasteiger partial charge in [-0.25, -0.2) is 9.67 Å². The first kappa shape index (κ1) is 13.5. The Hall–Kier alpha value is -1.98. The first-order chi connectivity index (χ1) is 9.19. The molecule has 0 aliphatic heterocycles. The maximum atomic E-state index is 12.3. The highest BCUT2D eigenvalue weighted by atomic mass is 16.1. The molecule has 0 aliphatic carbocycles. The van der Waals surface area contributed by atoms with Gasteiger partial charge in [0.15, 0.2) is 5.78 Å². The lowest BCUT2D eigenvalue weighted by atomic mass is 10.2. The molecule has 0 bridgehead atoms. The zero-order valence-corrected chi connectivity index (χ0v) is 11.6. The Labute approximate surface area is 112 Å². The number of ketones is 1. The fraction of sp³-hybridized carbons (Fsp3) is 0.538. The molecule has 6 heteroatoms. The summed E-state index contributed by atoms with van der Waals surface area (Å²) in [5, 5.41) is 8.47. The number of nitrogens with zero attached hydrogens (tertiary/aromatic N) is 5.